The molecule has 0 saturated carbocycles. The quantitative estimate of drug-likeness (QED) is 0.559. The second-order valence-corrected chi connectivity index (χ2v) is 7.51. The second kappa shape index (κ2) is 7.00. The predicted molar refractivity (Wildman–Crippen MR) is 114 cm³/mol. The van der Waals surface area contributed by atoms with Crippen LogP contribution in [0.4, 0.5) is 5.69 Å². The molecule has 5 heteroatoms. The summed E-state index contributed by atoms with van der Waals surface area (Å²) >= 11 is 0. The highest BCUT2D eigenvalue weighted by Crippen LogP contribution is 2.25. The van der Waals surface area contributed by atoms with Crippen LogP contribution >= 0.6 is 0 Å². The molecule has 0 spiro atoms. The highest BCUT2D eigenvalue weighted by atomic mass is 16.1. The summed E-state index contributed by atoms with van der Waals surface area (Å²) < 4.78 is 2.03. The summed E-state index contributed by atoms with van der Waals surface area (Å²) in [4.78, 5) is 27.5. The lowest BCUT2D eigenvalue weighted by Gasteiger charge is -2.11. The minimum atomic E-state index is -0.129. The Morgan fingerprint density at radius 3 is 2.68 bits per heavy atom. The first kappa shape index (κ1) is 18.0. The fourth-order valence-electron chi connectivity index (χ4n) is 3.79. The van der Waals surface area contributed by atoms with Crippen LogP contribution in [0.5, 0.6) is 0 Å². The Morgan fingerprint density at radius 1 is 1.11 bits per heavy atom. The molecule has 2 aromatic carbocycles. The monoisotopic (exact) mass is 373 g/mol. The third kappa shape index (κ3) is 3.31. The summed E-state index contributed by atoms with van der Waals surface area (Å²) in [6, 6.07) is 15.4. The Bertz CT molecular complexity index is 1250. The number of anilines is 1. The van der Waals surface area contributed by atoms with E-state index >= 15 is 0 Å². The van der Waals surface area contributed by atoms with Crippen LogP contribution in [0.25, 0.3) is 21.8 Å². The Hall–Kier alpha value is -3.34. The van der Waals surface area contributed by atoms with E-state index in [-0.39, 0.29) is 17.4 Å². The average Bonchev–Trinajstić information content (AvgIpc) is 2.96. The zero-order chi connectivity index (χ0) is 19.8. The lowest BCUT2D eigenvalue weighted by molar-refractivity contribution is -0.115. The molecule has 0 atom stereocenters. The molecule has 0 unspecified atom stereocenters. The van der Waals surface area contributed by atoms with Gasteiger partial charge in [-0.25, -0.2) is 0 Å². The number of H-pyrrole nitrogens is 1. The van der Waals surface area contributed by atoms with Crippen LogP contribution in [0.3, 0.4) is 0 Å². The number of aromatic nitrogens is 2. The molecule has 5 nitrogen and oxygen atoms in total. The summed E-state index contributed by atoms with van der Waals surface area (Å²) in [6.07, 6.45) is 2.29. The summed E-state index contributed by atoms with van der Waals surface area (Å²) in [6.45, 7) is 4.13. The highest BCUT2D eigenvalue weighted by Gasteiger charge is 2.12. The number of rotatable bonds is 4. The molecule has 2 N–H and O–H groups in total. The van der Waals surface area contributed by atoms with Gasteiger partial charge in [0.15, 0.2) is 0 Å². The number of nitrogens with one attached hydrogen (secondary N) is 2. The van der Waals surface area contributed by atoms with Crippen molar-refractivity contribution in [2.45, 2.75) is 26.2 Å². The number of nitrogens with zero attached hydrogens (tertiary/aromatic N) is 1. The van der Waals surface area contributed by atoms with E-state index in [1.807, 2.05) is 60.3 Å². The van der Waals surface area contributed by atoms with Gasteiger partial charge in [0.25, 0.3) is 0 Å². The molecule has 0 saturated heterocycles. The molecule has 0 aliphatic carbocycles. The van der Waals surface area contributed by atoms with Crippen LogP contribution < -0.4 is 10.9 Å². The van der Waals surface area contributed by atoms with Crippen molar-refractivity contribution in [1.82, 2.24) is 9.55 Å². The van der Waals surface area contributed by atoms with E-state index in [2.05, 4.69) is 24.1 Å². The maximum atomic E-state index is 12.6. The predicted octanol–water partition coefficient (Wildman–Crippen LogP) is 4.32. The SMILES string of the molecule is CC(C)c1cc(=O)[nH]c2cc(NC(=O)Cc3cn(C)c4ccccc34)ccc12. The number of aryl methyl sites for hydroxylation is 1. The topological polar surface area (TPSA) is 66.9 Å². The summed E-state index contributed by atoms with van der Waals surface area (Å²) in [5.74, 6) is 0.162. The number of carbonyl (C=O) groups is 1. The van der Waals surface area contributed by atoms with Gasteiger partial charge in [-0.05, 0) is 35.2 Å². The van der Waals surface area contributed by atoms with Gasteiger partial charge in [-0.1, -0.05) is 38.1 Å². The molecule has 2 aromatic heterocycles. The fourth-order valence-corrected chi connectivity index (χ4v) is 3.79. The van der Waals surface area contributed by atoms with Crippen LogP contribution in [0.1, 0.15) is 30.9 Å². The molecule has 4 rings (SSSR count). The zero-order valence-electron chi connectivity index (χ0n) is 16.2. The van der Waals surface area contributed by atoms with E-state index in [1.54, 1.807) is 6.07 Å². The Morgan fingerprint density at radius 2 is 1.89 bits per heavy atom. The van der Waals surface area contributed by atoms with Gasteiger partial charge >= 0.3 is 0 Å². The Kier molecular flexibility index (Phi) is 4.51. The lowest BCUT2D eigenvalue weighted by Crippen LogP contribution is -2.14. The van der Waals surface area contributed by atoms with Gasteiger partial charge < -0.3 is 14.9 Å². The Balaban J connectivity index is 1.61. The number of pyridine rings is 1. The number of hydrogen-bond donors (Lipinski definition) is 2. The van der Waals surface area contributed by atoms with E-state index in [0.717, 1.165) is 32.9 Å². The third-order valence-electron chi connectivity index (χ3n) is 5.11. The summed E-state index contributed by atoms with van der Waals surface area (Å²) in [5, 5.41) is 5.04. The van der Waals surface area contributed by atoms with Crippen molar-refractivity contribution in [1.29, 1.82) is 0 Å². The normalized spacial score (nSPS) is 11.4. The number of amides is 1. The van der Waals surface area contributed by atoms with Gasteiger partial charge in [0.2, 0.25) is 11.5 Å². The number of para-hydroxylation sites is 1. The maximum Gasteiger partial charge on any atom is 0.248 e. The maximum absolute atomic E-state index is 12.6. The van der Waals surface area contributed by atoms with E-state index in [4.69, 9.17) is 0 Å². The zero-order valence-corrected chi connectivity index (χ0v) is 16.2. The van der Waals surface area contributed by atoms with Crippen molar-refractivity contribution in [3.63, 3.8) is 0 Å². The first-order valence-electron chi connectivity index (χ1n) is 9.42. The molecule has 0 radical (unpaired) electrons. The molecule has 4 aromatic rings. The number of hydrogen-bond acceptors (Lipinski definition) is 2. The molecule has 1 amide bonds. The van der Waals surface area contributed by atoms with E-state index in [9.17, 15) is 9.59 Å². The fraction of sp³-hybridized carbons (Fsp3) is 0.217. The molecule has 142 valence electrons. The van der Waals surface area contributed by atoms with Gasteiger partial charge in [-0.15, -0.1) is 0 Å². The van der Waals surface area contributed by atoms with Crippen molar-refractivity contribution in [2.75, 3.05) is 5.32 Å². The van der Waals surface area contributed by atoms with Crippen molar-refractivity contribution >= 4 is 33.4 Å². The first-order chi connectivity index (χ1) is 13.4. The first-order valence-corrected chi connectivity index (χ1v) is 9.42. The molecule has 0 aliphatic heterocycles. The number of aromatic amines is 1. The second-order valence-electron chi connectivity index (χ2n) is 7.51. The third-order valence-corrected chi connectivity index (χ3v) is 5.11. The smallest absolute Gasteiger partial charge is 0.248 e. The van der Waals surface area contributed by atoms with Gasteiger partial charge in [0.1, 0.15) is 0 Å². The van der Waals surface area contributed by atoms with E-state index < -0.39 is 0 Å². The van der Waals surface area contributed by atoms with E-state index in [0.29, 0.717) is 12.1 Å². The summed E-state index contributed by atoms with van der Waals surface area (Å²) in [5.41, 5.74) is 4.39. The van der Waals surface area contributed by atoms with Crippen LogP contribution in [-0.2, 0) is 18.3 Å². The van der Waals surface area contributed by atoms with Crippen LogP contribution in [0.15, 0.2) is 59.5 Å². The molecular weight excluding hydrogens is 350 g/mol. The molecule has 0 bridgehead atoms. The average molecular weight is 373 g/mol. The molecule has 28 heavy (non-hydrogen) atoms. The van der Waals surface area contributed by atoms with Crippen LogP contribution in [-0.4, -0.2) is 15.5 Å². The van der Waals surface area contributed by atoms with Crippen LogP contribution in [0, 0.1) is 0 Å². The highest BCUT2D eigenvalue weighted by molar-refractivity contribution is 5.97. The van der Waals surface area contributed by atoms with Gasteiger partial charge in [-0.3, -0.25) is 9.59 Å². The molecule has 0 aliphatic rings. The number of fused-ring (bicyclic) bond motifs is 2. The lowest BCUT2D eigenvalue weighted by atomic mass is 9.99. The molecular formula is C23H23N3O2. The Labute approximate surface area is 163 Å². The minimum absolute atomic E-state index is 0.0851. The number of benzene rings is 2. The van der Waals surface area contributed by atoms with Crippen molar-refractivity contribution in [3.8, 4) is 0 Å². The van der Waals surface area contributed by atoms with Crippen molar-refractivity contribution < 1.29 is 4.79 Å². The van der Waals surface area contributed by atoms with Crippen molar-refractivity contribution in [3.05, 3.63) is 76.2 Å². The molecule has 0 fully saturated rings. The molecule has 2 heterocycles. The minimum Gasteiger partial charge on any atom is -0.350 e. The van der Waals surface area contributed by atoms with E-state index in [1.165, 1.54) is 0 Å². The van der Waals surface area contributed by atoms with Crippen LogP contribution in [0.2, 0.25) is 0 Å². The standard InChI is InChI=1S/C23H23N3O2/c1-14(2)19-12-23(28)25-20-11-16(8-9-18(19)20)24-22(27)10-15-13-26(3)21-7-5-4-6-17(15)21/h4-9,11-14H,10H2,1-3H3,(H,24,27)(H,25,28). The van der Waals surface area contributed by atoms with Crippen molar-refractivity contribution in [2.24, 2.45) is 7.05 Å². The summed E-state index contributed by atoms with van der Waals surface area (Å²) in [7, 11) is 1.98. The number of carbonyl (C=O) groups excluding carboxylic acids is 1. The van der Waals surface area contributed by atoms with Gasteiger partial charge in [0, 0.05) is 41.3 Å². The largest absolute Gasteiger partial charge is 0.350 e. The van der Waals surface area contributed by atoms with Gasteiger partial charge in [-0.2, -0.15) is 0 Å². The van der Waals surface area contributed by atoms with Gasteiger partial charge in [0.05, 0.1) is 11.9 Å².